The van der Waals surface area contributed by atoms with E-state index in [0.717, 1.165) is 49.8 Å². The van der Waals surface area contributed by atoms with E-state index in [0.29, 0.717) is 33.9 Å². The van der Waals surface area contributed by atoms with Gasteiger partial charge in [-0.1, -0.05) is 0 Å². The molecule has 1 aliphatic rings. The fourth-order valence-corrected chi connectivity index (χ4v) is 5.03. The minimum Gasteiger partial charge on any atom is -0.465 e. The fraction of sp³-hybridized carbons (Fsp3) is 0.250. The summed E-state index contributed by atoms with van der Waals surface area (Å²) < 4.78 is 53.2. The molecular weight excluding hydrogens is 485 g/mol. The van der Waals surface area contributed by atoms with Crippen LogP contribution in [0.25, 0.3) is 22.4 Å². The molecule has 2 heterocycles. The van der Waals surface area contributed by atoms with Crippen molar-refractivity contribution in [3.63, 3.8) is 0 Å². The Morgan fingerprint density at radius 3 is 2.62 bits per heavy atom. The van der Waals surface area contributed by atoms with Crippen molar-refractivity contribution in [2.24, 2.45) is 0 Å². The zero-order valence-corrected chi connectivity index (χ0v) is 20.4. The number of fused-ring (bicyclic) bond motifs is 2. The van der Waals surface area contributed by atoms with E-state index in [4.69, 9.17) is 9.15 Å². The quantitative estimate of drug-likeness (QED) is 0.332. The van der Waals surface area contributed by atoms with Crippen molar-refractivity contribution in [3.05, 3.63) is 92.0 Å². The number of benzene rings is 2. The highest BCUT2D eigenvalue weighted by molar-refractivity contribution is 5.96. The van der Waals surface area contributed by atoms with Crippen LogP contribution in [-0.2, 0) is 17.6 Å². The molecule has 1 aliphatic carbocycles. The summed E-state index contributed by atoms with van der Waals surface area (Å²) in [5, 5.41) is 3.41. The summed E-state index contributed by atoms with van der Waals surface area (Å²) in [6.45, 7) is 3.38. The van der Waals surface area contributed by atoms with Gasteiger partial charge < -0.3 is 14.5 Å². The summed E-state index contributed by atoms with van der Waals surface area (Å²) in [4.78, 5) is 29.8. The summed E-state index contributed by atoms with van der Waals surface area (Å²) in [7, 11) is 1.11. The van der Waals surface area contributed by atoms with Crippen LogP contribution in [0.1, 0.15) is 52.0 Å². The molecule has 0 saturated carbocycles. The van der Waals surface area contributed by atoms with E-state index in [2.05, 4.69) is 10.3 Å². The van der Waals surface area contributed by atoms with Gasteiger partial charge >= 0.3 is 5.97 Å². The summed E-state index contributed by atoms with van der Waals surface area (Å²) in [6.07, 6.45) is 3.40. The summed E-state index contributed by atoms with van der Waals surface area (Å²) in [5.74, 6) is -3.20. The fourth-order valence-electron chi connectivity index (χ4n) is 5.03. The minimum absolute atomic E-state index is 0.0875. The average molecular weight is 508 g/mol. The number of aryl methyl sites for hydroxylation is 1. The van der Waals surface area contributed by atoms with Gasteiger partial charge in [-0.05, 0) is 68.5 Å². The third-order valence-electron chi connectivity index (χ3n) is 6.73. The van der Waals surface area contributed by atoms with Crippen LogP contribution in [0.5, 0.6) is 0 Å². The minimum atomic E-state index is -1.06. The van der Waals surface area contributed by atoms with Crippen molar-refractivity contribution in [1.29, 1.82) is 0 Å². The number of carbonyl (C=O) groups is 1. The van der Waals surface area contributed by atoms with E-state index in [9.17, 15) is 22.8 Å². The molecule has 0 radical (unpaired) electrons. The average Bonchev–Trinajstić information content (AvgIpc) is 3.33. The normalized spacial score (nSPS) is 13.5. The lowest BCUT2D eigenvalue weighted by atomic mass is 9.93. The number of ether oxygens (including phenoxy) is 1. The van der Waals surface area contributed by atoms with Crippen LogP contribution >= 0.6 is 0 Å². The standard InChI is InChI=1S/C28H23F3N2O4/c1-13-25(34)19-9-15-5-4-6-18(15)23(27(19)37-26(13)21-8-7-16(29)12-32-21)14(2)33-22-11-17(30)10-20(31)24(22)28(35)36-3/h7-12,14,33H,4-6H2,1-3H3. The van der Waals surface area contributed by atoms with Crippen molar-refractivity contribution < 1.29 is 27.1 Å². The number of carbonyl (C=O) groups excluding carboxylic acids is 1. The smallest absolute Gasteiger partial charge is 0.342 e. The first kappa shape index (κ1) is 24.5. The van der Waals surface area contributed by atoms with Gasteiger partial charge in [0.05, 0.1) is 30.4 Å². The van der Waals surface area contributed by atoms with Crippen LogP contribution in [0.3, 0.4) is 0 Å². The molecule has 1 N–H and O–H groups in total. The molecule has 1 unspecified atom stereocenters. The molecule has 0 aliphatic heterocycles. The van der Waals surface area contributed by atoms with Crippen LogP contribution in [0.15, 0.2) is 45.7 Å². The monoisotopic (exact) mass is 508 g/mol. The molecule has 5 rings (SSSR count). The number of aromatic nitrogens is 1. The Morgan fingerprint density at radius 1 is 1.14 bits per heavy atom. The van der Waals surface area contributed by atoms with Gasteiger partial charge in [0.25, 0.3) is 0 Å². The summed E-state index contributed by atoms with van der Waals surface area (Å²) in [5.41, 5.74) is 2.76. The number of pyridine rings is 1. The number of hydrogen-bond donors (Lipinski definition) is 1. The highest BCUT2D eigenvalue weighted by Crippen LogP contribution is 2.38. The topological polar surface area (TPSA) is 81.4 Å². The Bertz CT molecular complexity index is 1610. The first-order valence-electron chi connectivity index (χ1n) is 11.8. The summed E-state index contributed by atoms with van der Waals surface area (Å²) >= 11 is 0. The molecule has 0 spiro atoms. The van der Waals surface area contributed by atoms with E-state index in [1.807, 2.05) is 6.07 Å². The van der Waals surface area contributed by atoms with Crippen LogP contribution < -0.4 is 10.7 Å². The Morgan fingerprint density at radius 2 is 1.92 bits per heavy atom. The lowest BCUT2D eigenvalue weighted by Gasteiger charge is -2.22. The van der Waals surface area contributed by atoms with Gasteiger partial charge in [0.1, 0.15) is 34.3 Å². The van der Waals surface area contributed by atoms with E-state index < -0.39 is 35.0 Å². The largest absolute Gasteiger partial charge is 0.465 e. The van der Waals surface area contributed by atoms with E-state index in [1.165, 1.54) is 12.1 Å². The third-order valence-corrected chi connectivity index (χ3v) is 6.73. The van der Waals surface area contributed by atoms with Crippen molar-refractivity contribution in [1.82, 2.24) is 4.98 Å². The molecule has 1 atom stereocenters. The number of nitrogens with one attached hydrogen (secondary N) is 1. The number of anilines is 1. The second kappa shape index (κ2) is 9.38. The van der Waals surface area contributed by atoms with Gasteiger partial charge in [0.2, 0.25) is 0 Å². The van der Waals surface area contributed by atoms with E-state index >= 15 is 0 Å². The molecule has 2 aromatic heterocycles. The van der Waals surface area contributed by atoms with Crippen LogP contribution in [0.4, 0.5) is 18.9 Å². The van der Waals surface area contributed by atoms with Crippen molar-refractivity contribution >= 4 is 22.6 Å². The second-order valence-electron chi connectivity index (χ2n) is 9.07. The number of nitrogens with zero attached hydrogens (tertiary/aromatic N) is 1. The predicted octanol–water partition coefficient (Wildman–Crippen LogP) is 6.03. The molecule has 4 aromatic rings. The second-order valence-corrected chi connectivity index (χ2v) is 9.07. The first-order chi connectivity index (χ1) is 17.7. The van der Waals surface area contributed by atoms with Gasteiger partial charge in [-0.3, -0.25) is 4.79 Å². The Labute approximate surface area is 210 Å². The molecule has 2 aromatic carbocycles. The highest BCUT2D eigenvalue weighted by Gasteiger charge is 2.28. The predicted molar refractivity (Wildman–Crippen MR) is 132 cm³/mol. The maximum absolute atomic E-state index is 14.6. The lowest BCUT2D eigenvalue weighted by Crippen LogP contribution is -2.17. The molecule has 6 nitrogen and oxygen atoms in total. The number of hydrogen-bond acceptors (Lipinski definition) is 6. The van der Waals surface area contributed by atoms with Gasteiger partial charge in [-0.15, -0.1) is 0 Å². The summed E-state index contributed by atoms with van der Waals surface area (Å²) in [6, 6.07) is 5.50. The zero-order valence-electron chi connectivity index (χ0n) is 20.4. The lowest BCUT2D eigenvalue weighted by molar-refractivity contribution is 0.0596. The van der Waals surface area contributed by atoms with Crippen LogP contribution in [0.2, 0.25) is 0 Å². The molecule has 0 fully saturated rings. The van der Waals surface area contributed by atoms with E-state index in [1.54, 1.807) is 13.8 Å². The molecule has 37 heavy (non-hydrogen) atoms. The van der Waals surface area contributed by atoms with Gasteiger partial charge in [0.15, 0.2) is 11.2 Å². The van der Waals surface area contributed by atoms with Crippen molar-refractivity contribution in [3.8, 4) is 11.5 Å². The van der Waals surface area contributed by atoms with Gasteiger partial charge in [0, 0.05) is 17.2 Å². The van der Waals surface area contributed by atoms with Crippen molar-refractivity contribution in [2.45, 2.75) is 39.2 Å². The third kappa shape index (κ3) is 4.24. The first-order valence-corrected chi connectivity index (χ1v) is 11.8. The Balaban J connectivity index is 1.73. The van der Waals surface area contributed by atoms with Gasteiger partial charge in [-0.2, -0.15) is 0 Å². The number of halogens is 3. The molecule has 9 heteroatoms. The SMILES string of the molecule is COC(=O)c1c(F)cc(F)cc1NC(C)c1c2c(cc3c(=O)c(C)c(-c4ccc(F)cn4)oc13)CCC2. The number of methoxy groups -OCH3 is 1. The molecule has 0 amide bonds. The van der Waals surface area contributed by atoms with Crippen LogP contribution in [-0.4, -0.2) is 18.1 Å². The molecule has 0 saturated heterocycles. The highest BCUT2D eigenvalue weighted by atomic mass is 19.1. The van der Waals surface area contributed by atoms with Gasteiger partial charge in [-0.25, -0.2) is 22.9 Å². The Hall–Kier alpha value is -4.14. The van der Waals surface area contributed by atoms with Crippen LogP contribution in [0, 0.1) is 24.4 Å². The Kier molecular flexibility index (Phi) is 6.23. The zero-order chi connectivity index (χ0) is 26.4. The number of rotatable bonds is 5. The number of esters is 1. The maximum Gasteiger partial charge on any atom is 0.342 e. The van der Waals surface area contributed by atoms with E-state index in [-0.39, 0.29) is 16.9 Å². The molecule has 190 valence electrons. The molecular formula is C28H23F3N2O4. The molecule has 0 bridgehead atoms. The van der Waals surface area contributed by atoms with Crippen molar-refractivity contribution in [2.75, 3.05) is 12.4 Å². The maximum atomic E-state index is 14.6.